The Hall–Kier alpha value is -2.07. The molecule has 0 saturated carbocycles. The first-order valence-corrected chi connectivity index (χ1v) is 6.76. The van der Waals surface area contributed by atoms with Gasteiger partial charge in [0.2, 0.25) is 5.91 Å². The zero-order valence-electron chi connectivity index (χ0n) is 11.7. The lowest BCUT2D eigenvalue weighted by Gasteiger charge is -2.11. The van der Waals surface area contributed by atoms with Gasteiger partial charge in [0, 0.05) is 5.02 Å². The quantitative estimate of drug-likeness (QED) is 0.928. The van der Waals surface area contributed by atoms with Crippen LogP contribution in [0.2, 0.25) is 5.02 Å². The molecule has 21 heavy (non-hydrogen) atoms. The Kier molecular flexibility index (Phi) is 4.81. The average Bonchev–Trinajstić information content (AvgIpc) is 2.42. The van der Waals surface area contributed by atoms with E-state index < -0.39 is 5.82 Å². The van der Waals surface area contributed by atoms with Crippen LogP contribution in [-0.2, 0) is 11.2 Å². The zero-order valence-corrected chi connectivity index (χ0v) is 12.5. The van der Waals surface area contributed by atoms with Crippen LogP contribution < -0.4 is 10.1 Å². The largest absolute Gasteiger partial charge is 0.495 e. The maximum absolute atomic E-state index is 13.7. The molecule has 2 aromatic carbocycles. The molecule has 0 heterocycles. The molecule has 0 atom stereocenters. The maximum atomic E-state index is 13.7. The third-order valence-corrected chi connectivity index (χ3v) is 3.23. The molecule has 2 rings (SSSR count). The molecule has 0 saturated heterocycles. The summed E-state index contributed by atoms with van der Waals surface area (Å²) in [6.07, 6.45) is -0.0693. The van der Waals surface area contributed by atoms with Crippen LogP contribution in [0.1, 0.15) is 11.1 Å². The number of nitrogens with one attached hydrogen (secondary N) is 1. The molecule has 5 heteroatoms. The number of carbonyl (C=O) groups excluding carboxylic acids is 1. The van der Waals surface area contributed by atoms with Crippen LogP contribution in [-0.4, -0.2) is 13.0 Å². The van der Waals surface area contributed by atoms with E-state index in [4.69, 9.17) is 16.3 Å². The number of hydrogen-bond donors (Lipinski definition) is 1. The summed E-state index contributed by atoms with van der Waals surface area (Å²) in [6, 6.07) is 9.71. The molecule has 110 valence electrons. The zero-order chi connectivity index (χ0) is 15.4. The van der Waals surface area contributed by atoms with E-state index in [9.17, 15) is 9.18 Å². The second kappa shape index (κ2) is 6.59. The van der Waals surface area contributed by atoms with Gasteiger partial charge in [-0.15, -0.1) is 0 Å². The number of halogens is 2. The molecular formula is C16H15ClFNO2. The van der Waals surface area contributed by atoms with E-state index in [1.807, 2.05) is 13.0 Å². The van der Waals surface area contributed by atoms with E-state index in [1.165, 1.54) is 19.2 Å². The van der Waals surface area contributed by atoms with Gasteiger partial charge >= 0.3 is 0 Å². The Morgan fingerprint density at radius 3 is 2.71 bits per heavy atom. The van der Waals surface area contributed by atoms with Gasteiger partial charge in [0.25, 0.3) is 0 Å². The van der Waals surface area contributed by atoms with Crippen molar-refractivity contribution < 1.29 is 13.9 Å². The van der Waals surface area contributed by atoms with Crippen molar-refractivity contribution in [3.8, 4) is 5.75 Å². The second-order valence-corrected chi connectivity index (χ2v) is 5.10. The SMILES string of the molecule is COc1ccc(C)cc1NC(=O)Cc1ccc(Cl)cc1F. The Balaban J connectivity index is 2.13. The van der Waals surface area contributed by atoms with Crippen molar-refractivity contribution >= 4 is 23.2 Å². The van der Waals surface area contributed by atoms with Crippen molar-refractivity contribution in [2.24, 2.45) is 0 Å². The van der Waals surface area contributed by atoms with Crippen LogP contribution >= 0.6 is 11.6 Å². The number of methoxy groups -OCH3 is 1. The minimum Gasteiger partial charge on any atom is -0.495 e. The van der Waals surface area contributed by atoms with Gasteiger partial charge in [0.05, 0.1) is 19.2 Å². The van der Waals surface area contributed by atoms with Gasteiger partial charge in [-0.3, -0.25) is 4.79 Å². The minimum atomic E-state index is -0.492. The summed E-state index contributed by atoms with van der Waals surface area (Å²) in [5, 5.41) is 3.03. The molecule has 0 unspecified atom stereocenters. The van der Waals surface area contributed by atoms with Gasteiger partial charge in [-0.2, -0.15) is 0 Å². The lowest BCUT2D eigenvalue weighted by atomic mass is 10.1. The molecule has 0 aromatic heterocycles. The van der Waals surface area contributed by atoms with Crippen molar-refractivity contribution in [1.82, 2.24) is 0 Å². The summed E-state index contributed by atoms with van der Waals surface area (Å²) < 4.78 is 18.9. The van der Waals surface area contributed by atoms with E-state index in [0.29, 0.717) is 22.0 Å². The van der Waals surface area contributed by atoms with Gasteiger partial charge in [-0.1, -0.05) is 23.7 Å². The fraction of sp³-hybridized carbons (Fsp3) is 0.188. The molecular weight excluding hydrogens is 293 g/mol. The van der Waals surface area contributed by atoms with Crippen molar-refractivity contribution in [2.45, 2.75) is 13.3 Å². The van der Waals surface area contributed by atoms with Gasteiger partial charge in [0.1, 0.15) is 11.6 Å². The van der Waals surface area contributed by atoms with E-state index in [-0.39, 0.29) is 12.3 Å². The summed E-state index contributed by atoms with van der Waals surface area (Å²) in [5.41, 5.74) is 1.85. The highest BCUT2D eigenvalue weighted by molar-refractivity contribution is 6.30. The molecule has 3 nitrogen and oxygen atoms in total. The van der Waals surface area contributed by atoms with Crippen molar-refractivity contribution in [1.29, 1.82) is 0 Å². The molecule has 0 fully saturated rings. The molecule has 0 aliphatic rings. The first-order valence-electron chi connectivity index (χ1n) is 6.38. The topological polar surface area (TPSA) is 38.3 Å². The van der Waals surface area contributed by atoms with Gasteiger partial charge in [0.15, 0.2) is 0 Å². The van der Waals surface area contributed by atoms with Crippen LogP contribution in [0.25, 0.3) is 0 Å². The molecule has 0 spiro atoms. The average molecular weight is 308 g/mol. The predicted octanol–water partition coefficient (Wildman–Crippen LogP) is 3.98. The third kappa shape index (κ3) is 3.95. The summed E-state index contributed by atoms with van der Waals surface area (Å²) >= 11 is 5.68. The van der Waals surface area contributed by atoms with Crippen LogP contribution in [0.3, 0.4) is 0 Å². The van der Waals surface area contributed by atoms with E-state index >= 15 is 0 Å². The number of rotatable bonds is 4. The molecule has 0 radical (unpaired) electrons. The number of benzene rings is 2. The van der Waals surface area contributed by atoms with E-state index in [0.717, 1.165) is 5.56 Å². The fourth-order valence-corrected chi connectivity index (χ4v) is 2.11. The van der Waals surface area contributed by atoms with Crippen molar-refractivity contribution in [3.05, 3.63) is 58.4 Å². The smallest absolute Gasteiger partial charge is 0.229 e. The van der Waals surface area contributed by atoms with Gasteiger partial charge in [-0.05, 0) is 42.3 Å². The first kappa shape index (κ1) is 15.3. The number of ether oxygens (including phenoxy) is 1. The summed E-state index contributed by atoms with van der Waals surface area (Å²) in [6.45, 7) is 1.91. The third-order valence-electron chi connectivity index (χ3n) is 3.00. The molecule has 1 N–H and O–H groups in total. The molecule has 0 aliphatic carbocycles. The van der Waals surface area contributed by atoms with Gasteiger partial charge in [-0.25, -0.2) is 4.39 Å². The predicted molar refractivity (Wildman–Crippen MR) is 81.5 cm³/mol. The summed E-state index contributed by atoms with van der Waals surface area (Å²) in [7, 11) is 1.53. The highest BCUT2D eigenvalue weighted by Crippen LogP contribution is 2.25. The lowest BCUT2D eigenvalue weighted by molar-refractivity contribution is -0.115. The number of hydrogen-bond acceptors (Lipinski definition) is 2. The molecule has 0 bridgehead atoms. The molecule has 2 aromatic rings. The summed E-state index contributed by atoms with van der Waals surface area (Å²) in [4.78, 5) is 12.0. The Morgan fingerprint density at radius 1 is 1.29 bits per heavy atom. The number of aryl methyl sites for hydroxylation is 1. The second-order valence-electron chi connectivity index (χ2n) is 4.66. The van der Waals surface area contributed by atoms with Crippen molar-refractivity contribution in [3.63, 3.8) is 0 Å². The Labute approximate surface area is 127 Å². The Morgan fingerprint density at radius 2 is 2.05 bits per heavy atom. The van der Waals surface area contributed by atoms with Crippen molar-refractivity contribution in [2.75, 3.05) is 12.4 Å². The fourth-order valence-electron chi connectivity index (χ4n) is 1.95. The highest BCUT2D eigenvalue weighted by atomic mass is 35.5. The first-order chi connectivity index (χ1) is 9.99. The lowest BCUT2D eigenvalue weighted by Crippen LogP contribution is -2.16. The monoisotopic (exact) mass is 307 g/mol. The number of carbonyl (C=O) groups is 1. The van der Waals surface area contributed by atoms with Crippen LogP contribution in [0.5, 0.6) is 5.75 Å². The Bertz CT molecular complexity index is 673. The standard InChI is InChI=1S/C16H15ClFNO2/c1-10-3-6-15(21-2)14(7-10)19-16(20)8-11-4-5-12(17)9-13(11)18/h3-7,9H,8H2,1-2H3,(H,19,20). The van der Waals surface area contributed by atoms with Crippen LogP contribution in [0, 0.1) is 12.7 Å². The van der Waals surface area contributed by atoms with E-state index in [2.05, 4.69) is 5.32 Å². The maximum Gasteiger partial charge on any atom is 0.229 e. The van der Waals surface area contributed by atoms with E-state index in [1.54, 1.807) is 18.2 Å². The van der Waals surface area contributed by atoms with Crippen LogP contribution in [0.4, 0.5) is 10.1 Å². The normalized spacial score (nSPS) is 10.3. The number of amides is 1. The van der Waals surface area contributed by atoms with Gasteiger partial charge < -0.3 is 10.1 Å². The highest BCUT2D eigenvalue weighted by Gasteiger charge is 2.11. The molecule has 1 amide bonds. The molecule has 0 aliphatic heterocycles. The minimum absolute atomic E-state index is 0.0693. The number of anilines is 1. The van der Waals surface area contributed by atoms with Crippen LogP contribution in [0.15, 0.2) is 36.4 Å². The summed E-state index contributed by atoms with van der Waals surface area (Å²) in [5.74, 6) is -0.250.